The molecule has 27 heavy (non-hydrogen) atoms. The van der Waals surface area contributed by atoms with E-state index >= 15 is 0 Å². The minimum atomic E-state index is -1.62. The number of carbonyl (C=O) groups excluding carboxylic acids is 3. The van der Waals surface area contributed by atoms with Gasteiger partial charge in [0, 0.05) is 12.3 Å². The molecule has 148 valence electrons. The summed E-state index contributed by atoms with van der Waals surface area (Å²) in [4.78, 5) is 37.6. The topological polar surface area (TPSA) is 89.9 Å². The third-order valence-corrected chi connectivity index (χ3v) is 5.34. The largest absolute Gasteiger partial charge is 0.469 e. The van der Waals surface area contributed by atoms with Gasteiger partial charge in [-0.15, -0.1) is 0 Å². The van der Waals surface area contributed by atoms with Gasteiger partial charge in [0.05, 0.1) is 25.7 Å². The van der Waals surface area contributed by atoms with Crippen molar-refractivity contribution in [1.29, 1.82) is 0 Å². The molecular weight excluding hydrogens is 348 g/mol. The maximum absolute atomic E-state index is 12.7. The number of ketones is 1. The quantitative estimate of drug-likeness (QED) is 0.643. The average molecular weight is 376 g/mol. The number of esters is 2. The molecule has 1 aliphatic carbocycles. The maximum Gasteiger partial charge on any atom is 0.316 e. The molecule has 0 spiro atoms. The average Bonchev–Trinajstić information content (AvgIpc) is 2.58. The number of rotatable bonds is 3. The highest BCUT2D eigenvalue weighted by atomic mass is 16.5. The van der Waals surface area contributed by atoms with E-state index in [4.69, 9.17) is 9.47 Å². The fraction of sp³-hybridized carbons (Fsp3) is 0.571. The Bertz CT molecular complexity index is 726. The maximum atomic E-state index is 12.7. The van der Waals surface area contributed by atoms with Gasteiger partial charge in [0.15, 0.2) is 5.78 Å². The number of carbonyl (C=O) groups is 3. The predicted molar refractivity (Wildman–Crippen MR) is 99.1 cm³/mol. The van der Waals surface area contributed by atoms with Gasteiger partial charge in [0.25, 0.3) is 0 Å². The first-order valence-corrected chi connectivity index (χ1v) is 8.95. The summed E-state index contributed by atoms with van der Waals surface area (Å²) in [5.74, 6) is -4.92. The van der Waals surface area contributed by atoms with Crippen molar-refractivity contribution in [2.24, 2.45) is 11.8 Å². The summed E-state index contributed by atoms with van der Waals surface area (Å²) in [7, 11) is 2.43. The van der Waals surface area contributed by atoms with Gasteiger partial charge >= 0.3 is 11.9 Å². The van der Waals surface area contributed by atoms with Crippen molar-refractivity contribution in [2.75, 3.05) is 14.2 Å². The molecule has 0 unspecified atom stereocenters. The van der Waals surface area contributed by atoms with Crippen LogP contribution in [0.3, 0.4) is 0 Å². The number of ether oxygens (including phenoxy) is 2. The Morgan fingerprint density at radius 2 is 1.59 bits per heavy atom. The minimum Gasteiger partial charge on any atom is -0.469 e. The zero-order valence-corrected chi connectivity index (χ0v) is 16.7. The molecule has 1 fully saturated rings. The molecule has 0 aliphatic heterocycles. The Balaban J connectivity index is 2.62. The van der Waals surface area contributed by atoms with E-state index in [1.54, 1.807) is 12.1 Å². The molecule has 1 aliphatic rings. The van der Waals surface area contributed by atoms with Gasteiger partial charge in [0.1, 0.15) is 5.92 Å². The van der Waals surface area contributed by atoms with Crippen molar-refractivity contribution in [1.82, 2.24) is 0 Å². The Labute approximate surface area is 159 Å². The van der Waals surface area contributed by atoms with E-state index in [-0.39, 0.29) is 11.8 Å². The normalized spacial score (nSPS) is 28.6. The van der Waals surface area contributed by atoms with Crippen molar-refractivity contribution in [3.05, 3.63) is 35.4 Å². The van der Waals surface area contributed by atoms with Crippen LogP contribution in [0.25, 0.3) is 0 Å². The summed E-state index contributed by atoms with van der Waals surface area (Å²) in [5.41, 5.74) is -0.00988. The molecule has 2 rings (SSSR count). The summed E-state index contributed by atoms with van der Waals surface area (Å²) in [6, 6.07) is 7.41. The van der Waals surface area contributed by atoms with Gasteiger partial charge in [-0.05, 0) is 23.5 Å². The molecule has 4 atom stereocenters. The molecule has 6 heteroatoms. The van der Waals surface area contributed by atoms with Crippen LogP contribution >= 0.6 is 0 Å². The Morgan fingerprint density at radius 3 is 2.04 bits per heavy atom. The Kier molecular flexibility index (Phi) is 5.80. The number of hydrogen-bond donors (Lipinski definition) is 1. The molecule has 1 aromatic carbocycles. The summed E-state index contributed by atoms with van der Waals surface area (Å²) < 4.78 is 9.72. The monoisotopic (exact) mass is 376 g/mol. The number of benzene rings is 1. The molecule has 1 aromatic rings. The molecule has 1 saturated carbocycles. The van der Waals surface area contributed by atoms with Crippen molar-refractivity contribution in [3.8, 4) is 0 Å². The highest BCUT2D eigenvalue weighted by Crippen LogP contribution is 2.46. The first kappa shape index (κ1) is 21.1. The third-order valence-electron chi connectivity index (χ3n) is 5.34. The van der Waals surface area contributed by atoms with E-state index in [1.165, 1.54) is 21.1 Å². The lowest BCUT2D eigenvalue weighted by atomic mass is 9.61. The van der Waals surface area contributed by atoms with Crippen LogP contribution in [0, 0.1) is 11.8 Å². The fourth-order valence-corrected chi connectivity index (χ4v) is 3.87. The lowest BCUT2D eigenvalue weighted by Crippen LogP contribution is -2.55. The van der Waals surface area contributed by atoms with Crippen molar-refractivity contribution in [3.63, 3.8) is 0 Å². The molecule has 6 nitrogen and oxygen atoms in total. The van der Waals surface area contributed by atoms with Crippen LogP contribution < -0.4 is 0 Å². The number of Topliss-reactive ketones (excluding diaryl/α,β-unsaturated/α-hetero) is 1. The first-order chi connectivity index (χ1) is 12.4. The van der Waals surface area contributed by atoms with Crippen molar-refractivity contribution in [2.45, 2.75) is 51.0 Å². The van der Waals surface area contributed by atoms with Gasteiger partial charge in [-0.3, -0.25) is 14.4 Å². The van der Waals surface area contributed by atoms with Crippen LogP contribution in [0.2, 0.25) is 0 Å². The lowest BCUT2D eigenvalue weighted by Gasteiger charge is -2.43. The molecule has 0 saturated heterocycles. The van der Waals surface area contributed by atoms with Gasteiger partial charge < -0.3 is 14.6 Å². The number of aliphatic hydroxyl groups is 1. The highest BCUT2D eigenvalue weighted by molar-refractivity contribution is 6.02. The number of methoxy groups -OCH3 is 2. The standard InChI is InChI=1S/C21H28O6/c1-20(2,3)13-9-7-12(8-10-13)15-16(18(23)26-5)14(22)11-21(4,25)17(15)19(24)27-6/h7-10,15-17,25H,11H2,1-6H3/t15-,16+,17-,21-/m0/s1. The molecule has 0 heterocycles. The minimum absolute atomic E-state index is 0.0735. The molecule has 0 radical (unpaired) electrons. The molecule has 0 bridgehead atoms. The van der Waals surface area contributed by atoms with Crippen LogP contribution in [0.4, 0.5) is 0 Å². The lowest BCUT2D eigenvalue weighted by molar-refractivity contribution is -0.170. The Morgan fingerprint density at radius 1 is 1.07 bits per heavy atom. The zero-order valence-electron chi connectivity index (χ0n) is 16.7. The summed E-state index contributed by atoms with van der Waals surface area (Å²) >= 11 is 0. The second-order valence-electron chi connectivity index (χ2n) is 8.40. The SMILES string of the molecule is COC(=O)[C@@H]1C(=O)C[C@](C)(O)[C@H](C(=O)OC)[C@H]1c1ccc(C(C)(C)C)cc1. The van der Waals surface area contributed by atoms with Crippen LogP contribution in [0.5, 0.6) is 0 Å². The smallest absolute Gasteiger partial charge is 0.316 e. The predicted octanol–water partition coefficient (Wildman–Crippen LogP) is 2.37. The van der Waals surface area contributed by atoms with Gasteiger partial charge in [-0.25, -0.2) is 0 Å². The zero-order chi connectivity index (χ0) is 20.6. The van der Waals surface area contributed by atoms with E-state index in [0.29, 0.717) is 5.56 Å². The van der Waals surface area contributed by atoms with E-state index in [2.05, 4.69) is 20.8 Å². The molecular formula is C21H28O6. The van der Waals surface area contributed by atoms with Gasteiger partial charge in [-0.1, -0.05) is 45.0 Å². The molecule has 0 aromatic heterocycles. The van der Waals surface area contributed by atoms with Crippen LogP contribution in [-0.2, 0) is 29.3 Å². The first-order valence-electron chi connectivity index (χ1n) is 8.95. The van der Waals surface area contributed by atoms with E-state index < -0.39 is 41.1 Å². The molecule has 1 N–H and O–H groups in total. The summed E-state index contributed by atoms with van der Waals surface area (Å²) in [6.45, 7) is 7.65. The second kappa shape index (κ2) is 7.43. The fourth-order valence-electron chi connectivity index (χ4n) is 3.87. The van der Waals surface area contributed by atoms with Gasteiger partial charge in [0.2, 0.25) is 0 Å². The summed E-state index contributed by atoms with van der Waals surface area (Å²) in [5, 5.41) is 10.8. The van der Waals surface area contributed by atoms with E-state index in [1.807, 2.05) is 12.1 Å². The van der Waals surface area contributed by atoms with E-state index in [0.717, 1.165) is 5.56 Å². The molecule has 0 amide bonds. The highest BCUT2D eigenvalue weighted by Gasteiger charge is 2.56. The van der Waals surface area contributed by atoms with Crippen LogP contribution in [0.15, 0.2) is 24.3 Å². The third kappa shape index (κ3) is 4.05. The van der Waals surface area contributed by atoms with Gasteiger partial charge in [-0.2, -0.15) is 0 Å². The second-order valence-corrected chi connectivity index (χ2v) is 8.40. The summed E-state index contributed by atoms with van der Waals surface area (Å²) in [6.07, 6.45) is -0.316. The van der Waals surface area contributed by atoms with Crippen molar-refractivity contribution < 1.29 is 29.0 Å². The van der Waals surface area contributed by atoms with Crippen molar-refractivity contribution >= 4 is 17.7 Å². The number of hydrogen-bond acceptors (Lipinski definition) is 6. The van der Waals surface area contributed by atoms with Crippen LogP contribution in [-0.4, -0.2) is 42.6 Å². The van der Waals surface area contributed by atoms with E-state index in [9.17, 15) is 19.5 Å². The van der Waals surface area contributed by atoms with Crippen LogP contribution in [0.1, 0.15) is 51.2 Å². The Hall–Kier alpha value is -2.21.